The smallest absolute Gasteiger partial charge is 0.273 e. The zero-order valence-electron chi connectivity index (χ0n) is 19.7. The highest BCUT2D eigenvalue weighted by Gasteiger charge is 2.26. The first-order valence-corrected chi connectivity index (χ1v) is 11.2. The van der Waals surface area contributed by atoms with Crippen LogP contribution in [0.25, 0.3) is 11.0 Å². The minimum Gasteiger partial charge on any atom is -0.368 e. The number of carbonyl (C=O) groups is 1. The number of piperazine rings is 1. The first-order chi connectivity index (χ1) is 16.1. The standard InChI is InChI=1S/C24H28F2N6O2/c1-14-18(8-7-17(28-14)22(33)27-4)32-11-9-31(10-12-32)13-15-5-6-16-20(19(15)25)30-23(34)21(29-16)24(2,3)26/h5-8H,9-13H2,1-4H3,(H,27,33)(H,30,34). The predicted octanol–water partition coefficient (Wildman–Crippen LogP) is 2.65. The monoisotopic (exact) mass is 470 g/mol. The Morgan fingerprint density at radius 3 is 2.47 bits per heavy atom. The molecule has 1 aromatic carbocycles. The fourth-order valence-corrected chi connectivity index (χ4v) is 4.22. The van der Waals surface area contributed by atoms with Gasteiger partial charge in [0.15, 0.2) is 11.5 Å². The SMILES string of the molecule is CNC(=O)c1ccc(N2CCN(Cc3ccc4nc(C(C)(C)F)c(=O)[nH]c4c3F)CC2)c(C)n1. The molecule has 10 heteroatoms. The highest BCUT2D eigenvalue weighted by molar-refractivity contribution is 5.92. The Morgan fingerprint density at radius 2 is 1.85 bits per heavy atom. The third-order valence-electron chi connectivity index (χ3n) is 6.07. The van der Waals surface area contributed by atoms with Gasteiger partial charge in [-0.25, -0.2) is 18.7 Å². The van der Waals surface area contributed by atoms with Crippen LogP contribution < -0.4 is 15.8 Å². The quantitative estimate of drug-likeness (QED) is 0.596. The van der Waals surface area contributed by atoms with Crippen molar-refractivity contribution in [1.82, 2.24) is 25.2 Å². The number of anilines is 1. The first-order valence-electron chi connectivity index (χ1n) is 11.2. The van der Waals surface area contributed by atoms with Crippen LogP contribution in [0.2, 0.25) is 0 Å². The van der Waals surface area contributed by atoms with E-state index in [1.165, 1.54) is 13.8 Å². The lowest BCUT2D eigenvalue weighted by Gasteiger charge is -2.36. The molecule has 1 amide bonds. The first kappa shape index (κ1) is 23.7. The summed E-state index contributed by atoms with van der Waals surface area (Å²) in [4.78, 5) is 39.3. The number of hydrogen-bond acceptors (Lipinski definition) is 6. The van der Waals surface area contributed by atoms with E-state index in [0.29, 0.717) is 30.9 Å². The van der Waals surface area contributed by atoms with Gasteiger partial charge in [0.25, 0.3) is 11.5 Å². The largest absolute Gasteiger partial charge is 0.368 e. The molecule has 3 heterocycles. The minimum absolute atomic E-state index is 0.00737. The molecule has 0 saturated carbocycles. The molecule has 1 aliphatic heterocycles. The Hall–Kier alpha value is -3.40. The summed E-state index contributed by atoms with van der Waals surface area (Å²) in [6.45, 7) is 7.61. The Kier molecular flexibility index (Phi) is 6.35. The molecule has 4 rings (SSSR count). The summed E-state index contributed by atoms with van der Waals surface area (Å²) < 4.78 is 29.4. The number of aryl methyl sites for hydroxylation is 1. The van der Waals surface area contributed by atoms with Crippen molar-refractivity contribution in [3.05, 3.63) is 63.1 Å². The average Bonchev–Trinajstić information content (AvgIpc) is 2.80. The summed E-state index contributed by atoms with van der Waals surface area (Å²) in [5, 5.41) is 2.57. The number of H-pyrrole nitrogens is 1. The molecule has 0 spiro atoms. The number of fused-ring (bicyclic) bond motifs is 1. The Balaban J connectivity index is 1.47. The van der Waals surface area contributed by atoms with E-state index in [-0.39, 0.29) is 22.6 Å². The third kappa shape index (κ3) is 4.63. The molecule has 0 radical (unpaired) electrons. The number of nitrogens with one attached hydrogen (secondary N) is 2. The zero-order valence-corrected chi connectivity index (χ0v) is 19.7. The van der Waals surface area contributed by atoms with Crippen LogP contribution in [-0.4, -0.2) is 59.0 Å². The number of alkyl halides is 1. The van der Waals surface area contributed by atoms with Gasteiger partial charge in [0.1, 0.15) is 16.9 Å². The molecule has 1 aliphatic rings. The number of aromatic nitrogens is 3. The van der Waals surface area contributed by atoms with E-state index in [9.17, 15) is 14.0 Å². The molecule has 34 heavy (non-hydrogen) atoms. The molecule has 2 aromatic heterocycles. The molecule has 0 aliphatic carbocycles. The van der Waals surface area contributed by atoms with Gasteiger partial charge in [0.05, 0.1) is 16.9 Å². The lowest BCUT2D eigenvalue weighted by atomic mass is 10.1. The molecule has 2 N–H and O–H groups in total. The Bertz CT molecular complexity index is 1290. The molecule has 3 aromatic rings. The van der Waals surface area contributed by atoms with Crippen molar-refractivity contribution in [2.45, 2.75) is 33.0 Å². The van der Waals surface area contributed by atoms with Crippen LogP contribution >= 0.6 is 0 Å². The lowest BCUT2D eigenvalue weighted by molar-refractivity contribution is 0.0958. The van der Waals surface area contributed by atoms with E-state index in [1.54, 1.807) is 25.2 Å². The van der Waals surface area contributed by atoms with Gasteiger partial charge in [-0.2, -0.15) is 0 Å². The number of benzene rings is 1. The maximum atomic E-state index is 15.2. The van der Waals surface area contributed by atoms with Crippen molar-refractivity contribution in [1.29, 1.82) is 0 Å². The van der Waals surface area contributed by atoms with Crippen LogP contribution in [-0.2, 0) is 12.2 Å². The molecular formula is C24H28F2N6O2. The van der Waals surface area contributed by atoms with Crippen molar-refractivity contribution in [3.8, 4) is 0 Å². The third-order valence-corrected chi connectivity index (χ3v) is 6.07. The number of amides is 1. The lowest BCUT2D eigenvalue weighted by Crippen LogP contribution is -2.46. The van der Waals surface area contributed by atoms with Gasteiger partial charge >= 0.3 is 0 Å². The van der Waals surface area contributed by atoms with Crippen LogP contribution in [0.5, 0.6) is 0 Å². The fraction of sp³-hybridized carbons (Fsp3) is 0.417. The number of aromatic amines is 1. The van der Waals surface area contributed by atoms with Crippen molar-refractivity contribution >= 4 is 22.6 Å². The van der Waals surface area contributed by atoms with E-state index in [4.69, 9.17) is 0 Å². The van der Waals surface area contributed by atoms with E-state index in [1.807, 2.05) is 13.0 Å². The second kappa shape index (κ2) is 9.09. The highest BCUT2D eigenvalue weighted by atomic mass is 19.1. The van der Waals surface area contributed by atoms with E-state index in [0.717, 1.165) is 24.5 Å². The molecule has 0 unspecified atom stereocenters. The van der Waals surface area contributed by atoms with Crippen LogP contribution in [0.4, 0.5) is 14.5 Å². The summed E-state index contributed by atoms with van der Waals surface area (Å²) in [5.41, 5.74) is -0.133. The normalized spacial score (nSPS) is 15.1. The van der Waals surface area contributed by atoms with Crippen LogP contribution in [0.1, 0.15) is 41.3 Å². The van der Waals surface area contributed by atoms with Gasteiger partial charge in [0.2, 0.25) is 0 Å². The molecule has 8 nitrogen and oxygen atoms in total. The van der Waals surface area contributed by atoms with Gasteiger partial charge in [-0.3, -0.25) is 14.5 Å². The second-order valence-electron chi connectivity index (χ2n) is 8.96. The summed E-state index contributed by atoms with van der Waals surface area (Å²) >= 11 is 0. The van der Waals surface area contributed by atoms with Crippen molar-refractivity contribution < 1.29 is 13.6 Å². The topological polar surface area (TPSA) is 94.2 Å². The second-order valence-corrected chi connectivity index (χ2v) is 8.96. The number of pyridine rings is 1. The zero-order chi connectivity index (χ0) is 24.6. The number of nitrogens with zero attached hydrogens (tertiary/aromatic N) is 4. The van der Waals surface area contributed by atoms with Gasteiger partial charge in [0, 0.05) is 45.3 Å². The summed E-state index contributed by atoms with van der Waals surface area (Å²) in [6.07, 6.45) is 0. The average molecular weight is 471 g/mol. The summed E-state index contributed by atoms with van der Waals surface area (Å²) in [7, 11) is 1.57. The predicted molar refractivity (Wildman–Crippen MR) is 126 cm³/mol. The highest BCUT2D eigenvalue weighted by Crippen LogP contribution is 2.25. The maximum absolute atomic E-state index is 15.2. The van der Waals surface area contributed by atoms with Gasteiger partial charge in [-0.15, -0.1) is 0 Å². The van der Waals surface area contributed by atoms with E-state index >= 15 is 4.39 Å². The minimum atomic E-state index is -1.92. The number of carbonyl (C=O) groups excluding carboxylic acids is 1. The molecule has 180 valence electrons. The number of hydrogen-bond donors (Lipinski definition) is 2. The van der Waals surface area contributed by atoms with E-state index < -0.39 is 17.0 Å². The molecule has 1 fully saturated rings. The fourth-order valence-electron chi connectivity index (χ4n) is 4.22. The van der Waals surface area contributed by atoms with Gasteiger partial charge < -0.3 is 15.2 Å². The summed E-state index contributed by atoms with van der Waals surface area (Å²) in [6, 6.07) is 6.86. The molecule has 1 saturated heterocycles. The van der Waals surface area contributed by atoms with E-state index in [2.05, 4.69) is 30.1 Å². The van der Waals surface area contributed by atoms with Crippen molar-refractivity contribution in [2.75, 3.05) is 38.1 Å². The van der Waals surface area contributed by atoms with Crippen LogP contribution in [0.3, 0.4) is 0 Å². The maximum Gasteiger partial charge on any atom is 0.273 e. The Morgan fingerprint density at radius 1 is 1.15 bits per heavy atom. The number of rotatable bonds is 5. The molecule has 0 atom stereocenters. The van der Waals surface area contributed by atoms with Gasteiger partial charge in [-0.05, 0) is 39.0 Å². The number of halogens is 2. The van der Waals surface area contributed by atoms with Crippen LogP contribution in [0, 0.1) is 12.7 Å². The van der Waals surface area contributed by atoms with Crippen LogP contribution in [0.15, 0.2) is 29.1 Å². The summed E-state index contributed by atoms with van der Waals surface area (Å²) in [5.74, 6) is -0.768. The molecular weight excluding hydrogens is 442 g/mol. The molecule has 0 bridgehead atoms. The van der Waals surface area contributed by atoms with Crippen molar-refractivity contribution in [2.24, 2.45) is 0 Å². The van der Waals surface area contributed by atoms with Gasteiger partial charge in [-0.1, -0.05) is 6.07 Å². The Labute approximate surface area is 196 Å². The van der Waals surface area contributed by atoms with Crippen molar-refractivity contribution in [3.63, 3.8) is 0 Å².